The first kappa shape index (κ1) is 15.2. The molecule has 6 nitrogen and oxygen atoms in total. The van der Waals surface area contributed by atoms with Gasteiger partial charge in [-0.2, -0.15) is 4.80 Å². The van der Waals surface area contributed by atoms with E-state index in [9.17, 15) is 4.79 Å². The molecule has 0 saturated carbocycles. The van der Waals surface area contributed by atoms with Crippen molar-refractivity contribution in [2.24, 2.45) is 0 Å². The van der Waals surface area contributed by atoms with Gasteiger partial charge in [0.25, 0.3) is 0 Å². The summed E-state index contributed by atoms with van der Waals surface area (Å²) in [6.07, 6.45) is 0. The zero-order chi connectivity index (χ0) is 16.2. The predicted octanol–water partition coefficient (Wildman–Crippen LogP) is 2.94. The third-order valence-corrected chi connectivity index (χ3v) is 3.60. The average molecular weight is 328 g/mol. The van der Waals surface area contributed by atoms with E-state index in [1.807, 2.05) is 31.2 Å². The lowest BCUT2D eigenvalue weighted by molar-refractivity contribution is -0.117. The Balaban J connectivity index is 1.71. The van der Waals surface area contributed by atoms with Crippen LogP contribution in [-0.4, -0.2) is 26.1 Å². The fraction of sp³-hybridized carbons (Fsp3) is 0.125. The molecule has 116 valence electrons. The zero-order valence-corrected chi connectivity index (χ0v) is 13.2. The van der Waals surface area contributed by atoms with Crippen LogP contribution in [0.2, 0.25) is 5.02 Å². The molecule has 1 N–H and O–H groups in total. The van der Waals surface area contributed by atoms with Crippen LogP contribution in [0.25, 0.3) is 11.4 Å². The van der Waals surface area contributed by atoms with Crippen LogP contribution >= 0.6 is 11.6 Å². The number of carbonyl (C=O) groups is 1. The molecule has 7 heteroatoms. The highest BCUT2D eigenvalue weighted by Gasteiger charge is 2.11. The van der Waals surface area contributed by atoms with Gasteiger partial charge >= 0.3 is 0 Å². The molecule has 0 aliphatic heterocycles. The van der Waals surface area contributed by atoms with Crippen LogP contribution in [0.15, 0.2) is 48.5 Å². The summed E-state index contributed by atoms with van der Waals surface area (Å²) in [5.74, 6) is 0.223. The first-order valence-corrected chi connectivity index (χ1v) is 7.39. The van der Waals surface area contributed by atoms with Gasteiger partial charge in [-0.25, -0.2) is 0 Å². The maximum Gasteiger partial charge on any atom is 0.248 e. The molecule has 1 heterocycles. The van der Waals surface area contributed by atoms with Gasteiger partial charge in [0.05, 0.1) is 10.7 Å². The maximum absolute atomic E-state index is 12.0. The van der Waals surface area contributed by atoms with Crippen molar-refractivity contribution in [3.8, 4) is 11.4 Å². The number of aryl methyl sites for hydroxylation is 1. The number of nitrogens with one attached hydrogen (secondary N) is 1. The van der Waals surface area contributed by atoms with E-state index < -0.39 is 0 Å². The van der Waals surface area contributed by atoms with Gasteiger partial charge < -0.3 is 5.32 Å². The van der Waals surface area contributed by atoms with Gasteiger partial charge in [0, 0.05) is 5.56 Å². The number of para-hydroxylation sites is 1. The van der Waals surface area contributed by atoms with Gasteiger partial charge in [-0.05, 0) is 29.8 Å². The number of halogens is 1. The molecule has 0 unspecified atom stereocenters. The van der Waals surface area contributed by atoms with Crippen molar-refractivity contribution in [2.45, 2.75) is 13.5 Å². The normalized spacial score (nSPS) is 10.5. The standard InChI is InChI=1S/C16H14ClN5O/c1-11-6-2-3-7-12(11)16-19-21-22(20-16)10-15(23)18-14-9-5-4-8-13(14)17/h2-9H,10H2,1H3,(H,18,23). The third kappa shape index (κ3) is 3.54. The Morgan fingerprint density at radius 3 is 2.70 bits per heavy atom. The lowest BCUT2D eigenvalue weighted by atomic mass is 10.1. The molecule has 23 heavy (non-hydrogen) atoms. The Morgan fingerprint density at radius 1 is 1.17 bits per heavy atom. The monoisotopic (exact) mass is 327 g/mol. The average Bonchev–Trinajstić information content (AvgIpc) is 2.98. The minimum atomic E-state index is -0.271. The SMILES string of the molecule is Cc1ccccc1-c1nnn(CC(=O)Nc2ccccc2Cl)n1. The molecular weight excluding hydrogens is 314 g/mol. The van der Waals surface area contributed by atoms with Gasteiger partial charge in [-0.3, -0.25) is 4.79 Å². The lowest BCUT2D eigenvalue weighted by Crippen LogP contribution is -2.20. The van der Waals surface area contributed by atoms with Crippen molar-refractivity contribution in [1.82, 2.24) is 20.2 Å². The highest BCUT2D eigenvalue weighted by Crippen LogP contribution is 2.20. The van der Waals surface area contributed by atoms with Crippen molar-refractivity contribution >= 4 is 23.2 Å². The summed E-state index contributed by atoms with van der Waals surface area (Å²) in [4.78, 5) is 13.3. The molecule has 0 fully saturated rings. The lowest BCUT2D eigenvalue weighted by Gasteiger charge is -2.05. The van der Waals surface area contributed by atoms with Crippen molar-refractivity contribution in [3.63, 3.8) is 0 Å². The van der Waals surface area contributed by atoms with Gasteiger partial charge in [0.2, 0.25) is 11.7 Å². The summed E-state index contributed by atoms with van der Waals surface area (Å²) in [6.45, 7) is 1.93. The second-order valence-electron chi connectivity index (χ2n) is 4.99. The second kappa shape index (κ2) is 6.58. The Hall–Kier alpha value is -2.73. The molecule has 0 saturated heterocycles. The van der Waals surface area contributed by atoms with E-state index in [0.717, 1.165) is 11.1 Å². The summed E-state index contributed by atoms with van der Waals surface area (Å²) in [6, 6.07) is 14.8. The molecule has 1 amide bonds. The molecule has 0 atom stereocenters. The van der Waals surface area contributed by atoms with E-state index in [-0.39, 0.29) is 12.5 Å². The van der Waals surface area contributed by atoms with Crippen LogP contribution in [0.1, 0.15) is 5.56 Å². The van der Waals surface area contributed by atoms with E-state index in [4.69, 9.17) is 11.6 Å². The van der Waals surface area contributed by atoms with Crippen molar-refractivity contribution in [2.75, 3.05) is 5.32 Å². The molecule has 0 aliphatic rings. The number of tetrazole rings is 1. The van der Waals surface area contributed by atoms with E-state index >= 15 is 0 Å². The number of hydrogen-bond donors (Lipinski definition) is 1. The summed E-state index contributed by atoms with van der Waals surface area (Å²) < 4.78 is 0. The summed E-state index contributed by atoms with van der Waals surface area (Å²) in [5.41, 5.74) is 2.50. The molecular formula is C16H14ClN5O. The maximum atomic E-state index is 12.0. The Kier molecular flexibility index (Phi) is 4.34. The van der Waals surface area contributed by atoms with E-state index in [1.54, 1.807) is 24.3 Å². The van der Waals surface area contributed by atoms with Crippen LogP contribution in [0.5, 0.6) is 0 Å². The molecule has 1 aromatic heterocycles. The van der Waals surface area contributed by atoms with Crippen LogP contribution in [-0.2, 0) is 11.3 Å². The quantitative estimate of drug-likeness (QED) is 0.799. The second-order valence-corrected chi connectivity index (χ2v) is 5.39. The van der Waals surface area contributed by atoms with E-state index in [1.165, 1.54) is 4.80 Å². The molecule has 0 radical (unpaired) electrons. The smallest absolute Gasteiger partial charge is 0.248 e. The minimum Gasteiger partial charge on any atom is -0.323 e. The van der Waals surface area contributed by atoms with E-state index in [2.05, 4.69) is 20.7 Å². The van der Waals surface area contributed by atoms with Gasteiger partial charge in [-0.15, -0.1) is 10.2 Å². The topological polar surface area (TPSA) is 72.7 Å². The van der Waals surface area contributed by atoms with Crippen molar-refractivity contribution in [1.29, 1.82) is 0 Å². The molecule has 0 bridgehead atoms. The number of aromatic nitrogens is 4. The molecule has 3 rings (SSSR count). The molecule has 2 aromatic carbocycles. The van der Waals surface area contributed by atoms with Crippen LogP contribution < -0.4 is 5.32 Å². The molecule has 3 aromatic rings. The molecule has 0 aliphatic carbocycles. The minimum absolute atomic E-state index is 0.0376. The number of hydrogen-bond acceptors (Lipinski definition) is 4. The van der Waals surface area contributed by atoms with E-state index in [0.29, 0.717) is 16.5 Å². The number of rotatable bonds is 4. The number of nitrogens with zero attached hydrogens (tertiary/aromatic N) is 4. The zero-order valence-electron chi connectivity index (χ0n) is 12.4. The number of carbonyl (C=O) groups excluding carboxylic acids is 1. The predicted molar refractivity (Wildman–Crippen MR) is 88.1 cm³/mol. The highest BCUT2D eigenvalue weighted by atomic mass is 35.5. The van der Waals surface area contributed by atoms with Crippen molar-refractivity contribution in [3.05, 3.63) is 59.1 Å². The van der Waals surface area contributed by atoms with Crippen LogP contribution in [0.3, 0.4) is 0 Å². The number of anilines is 1. The van der Waals surface area contributed by atoms with Crippen molar-refractivity contribution < 1.29 is 4.79 Å². The van der Waals surface area contributed by atoms with Gasteiger partial charge in [-0.1, -0.05) is 48.0 Å². The summed E-state index contributed by atoms with van der Waals surface area (Å²) >= 11 is 6.01. The Bertz CT molecular complexity index is 846. The number of amides is 1. The Labute approximate surface area is 138 Å². The fourth-order valence-corrected chi connectivity index (χ4v) is 2.31. The highest BCUT2D eigenvalue weighted by molar-refractivity contribution is 6.33. The summed E-state index contributed by atoms with van der Waals surface area (Å²) in [7, 11) is 0. The van der Waals surface area contributed by atoms with Crippen LogP contribution in [0.4, 0.5) is 5.69 Å². The first-order valence-electron chi connectivity index (χ1n) is 7.01. The first-order chi connectivity index (χ1) is 11.1. The largest absolute Gasteiger partial charge is 0.323 e. The molecule has 0 spiro atoms. The van der Waals surface area contributed by atoms with Gasteiger partial charge in [0.1, 0.15) is 6.54 Å². The van der Waals surface area contributed by atoms with Gasteiger partial charge in [0.15, 0.2) is 0 Å². The fourth-order valence-electron chi connectivity index (χ4n) is 2.12. The third-order valence-electron chi connectivity index (χ3n) is 3.27. The summed E-state index contributed by atoms with van der Waals surface area (Å²) in [5, 5.41) is 15.4. The Morgan fingerprint density at radius 2 is 1.91 bits per heavy atom. The number of benzene rings is 2. The van der Waals surface area contributed by atoms with Crippen LogP contribution in [0, 0.1) is 6.92 Å².